The monoisotopic (exact) mass is 322 g/mol. The molecular formula is C15H16Cl2N4. The van der Waals surface area contributed by atoms with Crippen molar-refractivity contribution in [2.24, 2.45) is 0 Å². The van der Waals surface area contributed by atoms with Gasteiger partial charge in [-0.3, -0.25) is 0 Å². The normalized spacial score (nSPS) is 14.2. The Hall–Kier alpha value is -1.52. The van der Waals surface area contributed by atoms with E-state index in [0.29, 0.717) is 22.4 Å². The van der Waals surface area contributed by atoms with Crippen LogP contribution < -0.4 is 11.1 Å². The van der Waals surface area contributed by atoms with E-state index in [1.54, 1.807) is 6.07 Å². The number of hydrogen-bond donors (Lipinski definition) is 2. The number of nitrogens with two attached hydrogens (primary N) is 1. The SMILES string of the molecule is Nc1nc(Cc2ccc(Cl)cc2Cl)c2c(n1)NCCCC2. The molecule has 21 heavy (non-hydrogen) atoms. The van der Waals surface area contributed by atoms with E-state index in [-0.39, 0.29) is 0 Å². The maximum atomic E-state index is 6.26. The Morgan fingerprint density at radius 3 is 2.86 bits per heavy atom. The molecule has 0 saturated carbocycles. The topological polar surface area (TPSA) is 63.8 Å². The lowest BCUT2D eigenvalue weighted by molar-refractivity contribution is 0.778. The second kappa shape index (κ2) is 6.08. The van der Waals surface area contributed by atoms with Crippen LogP contribution in [0.25, 0.3) is 0 Å². The third kappa shape index (κ3) is 3.22. The highest BCUT2D eigenvalue weighted by atomic mass is 35.5. The van der Waals surface area contributed by atoms with Crippen LogP contribution in [0.15, 0.2) is 18.2 Å². The fourth-order valence-corrected chi connectivity index (χ4v) is 3.06. The van der Waals surface area contributed by atoms with Crippen LogP contribution in [0.4, 0.5) is 11.8 Å². The molecule has 3 N–H and O–H groups in total. The number of hydrogen-bond acceptors (Lipinski definition) is 4. The van der Waals surface area contributed by atoms with Crippen LogP contribution >= 0.6 is 23.2 Å². The van der Waals surface area contributed by atoms with Crippen molar-refractivity contribution in [2.75, 3.05) is 17.6 Å². The standard InChI is InChI=1S/C15H16Cl2N4/c16-10-5-4-9(12(17)8-10)7-13-11-3-1-2-6-19-14(11)21-15(18)20-13/h4-5,8H,1-3,6-7H2,(H3,18,19,20,21). The molecule has 0 saturated heterocycles. The molecule has 2 aromatic rings. The van der Waals surface area contributed by atoms with Crippen LogP contribution in [0.2, 0.25) is 10.0 Å². The van der Waals surface area contributed by atoms with E-state index < -0.39 is 0 Å². The van der Waals surface area contributed by atoms with Gasteiger partial charge in [-0.05, 0) is 37.0 Å². The first kappa shape index (κ1) is 14.4. The van der Waals surface area contributed by atoms with E-state index in [0.717, 1.165) is 48.4 Å². The molecule has 0 radical (unpaired) electrons. The zero-order valence-corrected chi connectivity index (χ0v) is 13.0. The number of nitrogens with one attached hydrogen (secondary N) is 1. The van der Waals surface area contributed by atoms with Gasteiger partial charge in [-0.25, -0.2) is 4.98 Å². The lowest BCUT2D eigenvalue weighted by Crippen LogP contribution is -2.10. The zero-order valence-electron chi connectivity index (χ0n) is 11.5. The van der Waals surface area contributed by atoms with Crippen molar-refractivity contribution in [2.45, 2.75) is 25.7 Å². The van der Waals surface area contributed by atoms with Crippen LogP contribution in [0, 0.1) is 0 Å². The van der Waals surface area contributed by atoms with Gasteiger partial charge in [0, 0.05) is 28.6 Å². The molecule has 1 aromatic carbocycles. The number of nitrogens with zero attached hydrogens (tertiary/aromatic N) is 2. The Bertz CT molecular complexity index is 673. The average Bonchev–Trinajstić information content (AvgIpc) is 2.67. The van der Waals surface area contributed by atoms with Gasteiger partial charge in [0.15, 0.2) is 0 Å². The molecule has 2 heterocycles. The van der Waals surface area contributed by atoms with Crippen LogP contribution in [0.5, 0.6) is 0 Å². The van der Waals surface area contributed by atoms with Crippen LogP contribution in [0.1, 0.15) is 29.7 Å². The predicted octanol–water partition coefficient (Wildman–Crippen LogP) is 3.70. The first-order chi connectivity index (χ1) is 10.1. The number of halogens is 2. The molecule has 4 nitrogen and oxygen atoms in total. The Morgan fingerprint density at radius 2 is 2.05 bits per heavy atom. The fraction of sp³-hybridized carbons (Fsp3) is 0.333. The lowest BCUT2D eigenvalue weighted by Gasteiger charge is -2.13. The molecular weight excluding hydrogens is 307 g/mol. The molecule has 1 aliphatic rings. The first-order valence-corrected chi connectivity index (χ1v) is 7.72. The van der Waals surface area contributed by atoms with Crippen molar-refractivity contribution in [3.63, 3.8) is 0 Å². The van der Waals surface area contributed by atoms with Crippen molar-refractivity contribution in [3.8, 4) is 0 Å². The summed E-state index contributed by atoms with van der Waals surface area (Å²) in [5.74, 6) is 1.16. The molecule has 1 aliphatic heterocycles. The van der Waals surface area contributed by atoms with Gasteiger partial charge < -0.3 is 11.1 Å². The van der Waals surface area contributed by atoms with Gasteiger partial charge in [0.2, 0.25) is 5.95 Å². The molecule has 110 valence electrons. The molecule has 0 atom stereocenters. The summed E-state index contributed by atoms with van der Waals surface area (Å²) in [7, 11) is 0. The summed E-state index contributed by atoms with van der Waals surface area (Å²) in [5, 5.41) is 4.61. The van der Waals surface area contributed by atoms with E-state index in [2.05, 4.69) is 15.3 Å². The molecule has 0 spiro atoms. The zero-order chi connectivity index (χ0) is 14.8. The minimum atomic E-state index is 0.295. The van der Waals surface area contributed by atoms with Gasteiger partial charge in [-0.15, -0.1) is 0 Å². The third-order valence-electron chi connectivity index (χ3n) is 3.63. The largest absolute Gasteiger partial charge is 0.370 e. The molecule has 0 aliphatic carbocycles. The van der Waals surface area contributed by atoms with Crippen molar-refractivity contribution < 1.29 is 0 Å². The second-order valence-corrected chi connectivity index (χ2v) is 6.00. The van der Waals surface area contributed by atoms with Crippen LogP contribution in [0.3, 0.4) is 0 Å². The minimum absolute atomic E-state index is 0.295. The van der Waals surface area contributed by atoms with E-state index >= 15 is 0 Å². The van der Waals surface area contributed by atoms with Gasteiger partial charge in [0.1, 0.15) is 5.82 Å². The summed E-state index contributed by atoms with van der Waals surface area (Å²) >= 11 is 12.2. The van der Waals surface area contributed by atoms with Crippen LogP contribution in [-0.4, -0.2) is 16.5 Å². The summed E-state index contributed by atoms with van der Waals surface area (Å²) in [4.78, 5) is 8.74. The van der Waals surface area contributed by atoms with Gasteiger partial charge >= 0.3 is 0 Å². The number of nitrogen functional groups attached to an aromatic ring is 1. The summed E-state index contributed by atoms with van der Waals surface area (Å²) < 4.78 is 0. The molecule has 0 bridgehead atoms. The molecule has 0 unspecified atom stereocenters. The Morgan fingerprint density at radius 1 is 1.19 bits per heavy atom. The smallest absolute Gasteiger partial charge is 0.222 e. The fourth-order valence-electron chi connectivity index (χ4n) is 2.58. The van der Waals surface area contributed by atoms with E-state index in [9.17, 15) is 0 Å². The Labute approximate surface area is 133 Å². The maximum Gasteiger partial charge on any atom is 0.222 e. The van der Waals surface area contributed by atoms with Gasteiger partial charge in [0.05, 0.1) is 5.69 Å². The van der Waals surface area contributed by atoms with Crippen molar-refractivity contribution in [1.82, 2.24) is 9.97 Å². The van der Waals surface area contributed by atoms with E-state index in [1.165, 1.54) is 0 Å². The highest BCUT2D eigenvalue weighted by Gasteiger charge is 2.17. The number of rotatable bonds is 2. The quantitative estimate of drug-likeness (QED) is 0.884. The highest BCUT2D eigenvalue weighted by molar-refractivity contribution is 6.35. The Balaban J connectivity index is 2.00. The summed E-state index contributed by atoms with van der Waals surface area (Å²) in [6, 6.07) is 5.52. The van der Waals surface area contributed by atoms with Crippen molar-refractivity contribution >= 4 is 35.0 Å². The number of anilines is 2. The van der Waals surface area contributed by atoms with Crippen LogP contribution in [-0.2, 0) is 12.8 Å². The van der Waals surface area contributed by atoms with Crippen molar-refractivity contribution in [3.05, 3.63) is 45.1 Å². The van der Waals surface area contributed by atoms with Gasteiger partial charge in [0.25, 0.3) is 0 Å². The summed E-state index contributed by atoms with van der Waals surface area (Å²) in [6.07, 6.45) is 3.84. The predicted molar refractivity (Wildman–Crippen MR) is 87.1 cm³/mol. The van der Waals surface area contributed by atoms with Gasteiger partial charge in [-0.2, -0.15) is 4.98 Å². The molecule has 0 fully saturated rings. The average molecular weight is 323 g/mol. The number of aromatic nitrogens is 2. The van der Waals surface area contributed by atoms with E-state index in [4.69, 9.17) is 28.9 Å². The summed E-state index contributed by atoms with van der Waals surface area (Å²) in [6.45, 7) is 0.921. The van der Waals surface area contributed by atoms with Gasteiger partial charge in [-0.1, -0.05) is 29.3 Å². The molecule has 1 aromatic heterocycles. The lowest BCUT2D eigenvalue weighted by atomic mass is 10.0. The second-order valence-electron chi connectivity index (χ2n) is 5.15. The molecule has 3 rings (SSSR count). The number of benzene rings is 1. The minimum Gasteiger partial charge on any atom is -0.370 e. The summed E-state index contributed by atoms with van der Waals surface area (Å²) in [5.41, 5.74) is 8.91. The first-order valence-electron chi connectivity index (χ1n) is 6.96. The third-order valence-corrected chi connectivity index (χ3v) is 4.22. The Kier molecular flexibility index (Phi) is 4.17. The highest BCUT2D eigenvalue weighted by Crippen LogP contribution is 2.28. The number of fused-ring (bicyclic) bond motifs is 1. The maximum absolute atomic E-state index is 6.26. The molecule has 0 amide bonds. The molecule has 6 heteroatoms. The van der Waals surface area contributed by atoms with E-state index in [1.807, 2.05) is 12.1 Å². The van der Waals surface area contributed by atoms with Crippen molar-refractivity contribution in [1.29, 1.82) is 0 Å².